The highest BCUT2D eigenvalue weighted by Gasteiger charge is 2.22. The van der Waals surface area contributed by atoms with E-state index < -0.39 is 11.9 Å². The lowest BCUT2D eigenvalue weighted by molar-refractivity contribution is -0.114. The number of carboxylic acids is 2. The molecule has 0 bridgehead atoms. The number of carbonyl (C=O) groups excluding carboxylic acids is 1. The third-order valence-corrected chi connectivity index (χ3v) is 4.23. The lowest BCUT2D eigenvalue weighted by Crippen LogP contribution is -1.96. The van der Waals surface area contributed by atoms with Crippen LogP contribution in [0.1, 0.15) is 44.7 Å². The topological polar surface area (TPSA) is 91.7 Å². The molecule has 2 aromatic rings. The van der Waals surface area contributed by atoms with Crippen molar-refractivity contribution in [3.63, 3.8) is 0 Å². The highest BCUT2D eigenvalue weighted by Crippen LogP contribution is 2.31. The van der Waals surface area contributed by atoms with E-state index in [1.54, 1.807) is 30.3 Å². The first-order valence-corrected chi connectivity index (χ1v) is 8.06. The van der Waals surface area contributed by atoms with E-state index >= 15 is 0 Å². The third kappa shape index (κ3) is 3.78. The quantitative estimate of drug-likeness (QED) is 0.817. The van der Waals surface area contributed by atoms with Crippen LogP contribution in [0.3, 0.4) is 0 Å². The Kier molecular flexibility index (Phi) is 4.80. The van der Waals surface area contributed by atoms with E-state index in [1.165, 1.54) is 24.3 Å². The van der Waals surface area contributed by atoms with E-state index in [0.717, 1.165) is 16.7 Å². The molecule has 1 saturated carbocycles. The first-order valence-electron chi connectivity index (χ1n) is 8.06. The maximum absolute atomic E-state index is 12.2. The number of rotatable bonds is 4. The van der Waals surface area contributed by atoms with Gasteiger partial charge in [0.2, 0.25) is 0 Å². The van der Waals surface area contributed by atoms with Gasteiger partial charge in [-0.3, -0.25) is 4.79 Å². The number of benzene rings is 2. The molecule has 1 fully saturated rings. The standard InChI is InChI=1S/C21H16O5/c22-19-10-9-17(11-13-1-5-15(6-2-13)20(23)24)18(19)12-14-3-7-16(8-4-14)21(25)26/h1-8,11-12H,9-10H2,(H,23,24)(H,25,26)/b17-11-,18-12-. The molecule has 0 unspecified atom stereocenters. The van der Waals surface area contributed by atoms with Gasteiger partial charge in [0, 0.05) is 12.0 Å². The van der Waals surface area contributed by atoms with Crippen LogP contribution >= 0.6 is 0 Å². The molecule has 2 aromatic carbocycles. The molecule has 2 N–H and O–H groups in total. The van der Waals surface area contributed by atoms with Crippen LogP contribution in [0.25, 0.3) is 12.2 Å². The van der Waals surface area contributed by atoms with Crippen molar-refractivity contribution in [3.05, 3.63) is 81.9 Å². The molecule has 5 nitrogen and oxygen atoms in total. The number of allylic oxidation sites excluding steroid dienone is 2. The Hall–Kier alpha value is -3.47. The first-order chi connectivity index (χ1) is 12.4. The van der Waals surface area contributed by atoms with Gasteiger partial charge >= 0.3 is 11.9 Å². The van der Waals surface area contributed by atoms with Crippen molar-refractivity contribution in [1.29, 1.82) is 0 Å². The zero-order valence-corrected chi connectivity index (χ0v) is 13.8. The van der Waals surface area contributed by atoms with E-state index in [1.807, 2.05) is 6.08 Å². The van der Waals surface area contributed by atoms with Gasteiger partial charge in [0.25, 0.3) is 0 Å². The minimum atomic E-state index is -0.994. The van der Waals surface area contributed by atoms with Crippen LogP contribution in [0.4, 0.5) is 0 Å². The molecule has 0 aliphatic heterocycles. The maximum Gasteiger partial charge on any atom is 0.335 e. The summed E-state index contributed by atoms with van der Waals surface area (Å²) in [6, 6.07) is 12.8. The van der Waals surface area contributed by atoms with Gasteiger partial charge in [0.1, 0.15) is 0 Å². The van der Waals surface area contributed by atoms with Crippen molar-refractivity contribution in [2.75, 3.05) is 0 Å². The minimum Gasteiger partial charge on any atom is -0.478 e. The average Bonchev–Trinajstić information content (AvgIpc) is 2.96. The van der Waals surface area contributed by atoms with Crippen molar-refractivity contribution < 1.29 is 24.6 Å². The molecule has 0 spiro atoms. The zero-order chi connectivity index (χ0) is 18.7. The Morgan fingerprint density at radius 3 is 1.65 bits per heavy atom. The normalized spacial score (nSPS) is 17.0. The lowest BCUT2D eigenvalue weighted by Gasteiger charge is -2.03. The Morgan fingerprint density at radius 2 is 1.19 bits per heavy atom. The maximum atomic E-state index is 12.2. The van der Waals surface area contributed by atoms with Gasteiger partial charge in [-0.1, -0.05) is 30.3 Å². The molecule has 5 heteroatoms. The van der Waals surface area contributed by atoms with Gasteiger partial charge in [-0.15, -0.1) is 0 Å². The predicted octanol–water partition coefficient (Wildman–Crippen LogP) is 3.91. The molecule has 0 aromatic heterocycles. The summed E-state index contributed by atoms with van der Waals surface area (Å²) in [7, 11) is 0. The van der Waals surface area contributed by atoms with E-state index in [-0.39, 0.29) is 16.9 Å². The second-order valence-corrected chi connectivity index (χ2v) is 6.01. The molecule has 0 heterocycles. The van der Waals surface area contributed by atoms with Gasteiger partial charge in [-0.2, -0.15) is 0 Å². The number of carbonyl (C=O) groups is 3. The summed E-state index contributed by atoms with van der Waals surface area (Å²) in [5, 5.41) is 17.9. The molecular formula is C21H16O5. The van der Waals surface area contributed by atoms with Crippen LogP contribution in [-0.4, -0.2) is 27.9 Å². The molecule has 3 rings (SSSR count). The van der Waals surface area contributed by atoms with Crippen molar-refractivity contribution in [2.24, 2.45) is 0 Å². The highest BCUT2D eigenvalue weighted by atomic mass is 16.4. The van der Waals surface area contributed by atoms with Crippen LogP contribution in [0, 0.1) is 0 Å². The fourth-order valence-corrected chi connectivity index (χ4v) is 2.83. The van der Waals surface area contributed by atoms with E-state index in [4.69, 9.17) is 10.2 Å². The van der Waals surface area contributed by atoms with Gasteiger partial charge in [-0.25, -0.2) is 9.59 Å². The van der Waals surface area contributed by atoms with Crippen molar-refractivity contribution in [2.45, 2.75) is 12.8 Å². The SMILES string of the molecule is O=C1CCC(=C/c2ccc(C(=O)O)cc2)/C1=C/c1ccc(C(=O)O)cc1. The molecule has 1 aliphatic rings. The Labute approximate surface area is 149 Å². The summed E-state index contributed by atoms with van der Waals surface area (Å²) in [5.41, 5.74) is 3.48. The lowest BCUT2D eigenvalue weighted by atomic mass is 10.0. The van der Waals surface area contributed by atoms with E-state index in [0.29, 0.717) is 18.4 Å². The van der Waals surface area contributed by atoms with Crippen molar-refractivity contribution in [1.82, 2.24) is 0 Å². The first kappa shape index (κ1) is 17.4. The molecule has 0 amide bonds. The summed E-state index contributed by atoms with van der Waals surface area (Å²) in [6.07, 6.45) is 4.70. The number of Topliss-reactive ketones (excluding diaryl/α,β-unsaturated/α-hetero) is 1. The Morgan fingerprint density at radius 1 is 0.731 bits per heavy atom. The molecule has 0 atom stereocenters. The molecule has 0 radical (unpaired) electrons. The molecule has 1 aliphatic carbocycles. The third-order valence-electron chi connectivity index (χ3n) is 4.23. The molecular weight excluding hydrogens is 332 g/mol. The van der Waals surface area contributed by atoms with Gasteiger partial charge < -0.3 is 10.2 Å². The van der Waals surface area contributed by atoms with Gasteiger partial charge in [-0.05, 0) is 53.5 Å². The smallest absolute Gasteiger partial charge is 0.335 e. The molecule has 0 saturated heterocycles. The van der Waals surface area contributed by atoms with Gasteiger partial charge in [0.05, 0.1) is 11.1 Å². The number of ketones is 1. The largest absolute Gasteiger partial charge is 0.478 e. The van der Waals surface area contributed by atoms with E-state index in [9.17, 15) is 14.4 Å². The zero-order valence-electron chi connectivity index (χ0n) is 13.8. The van der Waals surface area contributed by atoms with Crippen LogP contribution in [0.5, 0.6) is 0 Å². The van der Waals surface area contributed by atoms with Crippen molar-refractivity contribution >= 4 is 29.9 Å². The minimum absolute atomic E-state index is 0.0423. The highest BCUT2D eigenvalue weighted by molar-refractivity contribution is 6.08. The second-order valence-electron chi connectivity index (χ2n) is 6.01. The second kappa shape index (κ2) is 7.19. The summed E-state index contributed by atoms with van der Waals surface area (Å²) >= 11 is 0. The van der Waals surface area contributed by atoms with Crippen LogP contribution < -0.4 is 0 Å². The Bertz CT molecular complexity index is 931. The Balaban J connectivity index is 1.90. The van der Waals surface area contributed by atoms with Crippen LogP contribution in [0.15, 0.2) is 59.7 Å². The molecule has 26 heavy (non-hydrogen) atoms. The number of hydrogen-bond acceptors (Lipinski definition) is 3. The fraction of sp³-hybridized carbons (Fsp3) is 0.0952. The fourth-order valence-electron chi connectivity index (χ4n) is 2.83. The summed E-state index contributed by atoms with van der Waals surface area (Å²) in [6.45, 7) is 0. The number of hydrogen-bond donors (Lipinski definition) is 2. The summed E-state index contributed by atoms with van der Waals surface area (Å²) in [5.74, 6) is -1.93. The predicted molar refractivity (Wildman–Crippen MR) is 97.0 cm³/mol. The summed E-state index contributed by atoms with van der Waals surface area (Å²) < 4.78 is 0. The van der Waals surface area contributed by atoms with Gasteiger partial charge in [0.15, 0.2) is 5.78 Å². The van der Waals surface area contributed by atoms with Crippen molar-refractivity contribution in [3.8, 4) is 0 Å². The monoisotopic (exact) mass is 348 g/mol. The average molecular weight is 348 g/mol. The number of aromatic carboxylic acids is 2. The van der Waals surface area contributed by atoms with Crippen LogP contribution in [0.2, 0.25) is 0 Å². The van der Waals surface area contributed by atoms with E-state index in [2.05, 4.69) is 0 Å². The summed E-state index contributed by atoms with van der Waals surface area (Å²) in [4.78, 5) is 34.0. The number of carboxylic acid groups (broad SMARTS) is 2. The molecule has 130 valence electrons. The van der Waals surface area contributed by atoms with Crippen LogP contribution in [-0.2, 0) is 4.79 Å².